The molecule has 0 aliphatic heterocycles. The second kappa shape index (κ2) is 9.23. The van der Waals surface area contributed by atoms with Crippen molar-refractivity contribution in [1.82, 2.24) is 10.6 Å². The molecule has 0 saturated carbocycles. The summed E-state index contributed by atoms with van der Waals surface area (Å²) in [4.78, 5) is 23.7. The fraction of sp³-hybridized carbons (Fsp3) is 0.400. The Kier molecular flexibility index (Phi) is 6.49. The van der Waals surface area contributed by atoms with Gasteiger partial charge in [0, 0.05) is 6.54 Å². The van der Waals surface area contributed by atoms with Crippen molar-refractivity contribution < 1.29 is 23.5 Å². The highest BCUT2D eigenvalue weighted by atomic mass is 16.4. The third kappa shape index (κ3) is 5.34. The van der Waals surface area contributed by atoms with Crippen molar-refractivity contribution in [2.24, 2.45) is 0 Å². The predicted molar refractivity (Wildman–Crippen MR) is 98.6 cm³/mol. The van der Waals surface area contributed by atoms with Gasteiger partial charge in [-0.1, -0.05) is 11.6 Å². The molecule has 2 aromatic heterocycles. The lowest BCUT2D eigenvalue weighted by Gasteiger charge is -2.13. The summed E-state index contributed by atoms with van der Waals surface area (Å²) in [6.45, 7) is 0.313. The molecular weight excluding hydrogens is 348 g/mol. The molecule has 1 unspecified atom stereocenters. The number of carbonyl (C=O) groups is 2. The SMILES string of the molecule is O=C(NCCC1=CCCCC1)C(=O)NCC(O)c1ccc(-c2ccco2)o1. The molecule has 27 heavy (non-hydrogen) atoms. The van der Waals surface area contributed by atoms with Crippen molar-refractivity contribution >= 4 is 11.8 Å². The number of rotatable bonds is 7. The van der Waals surface area contributed by atoms with Gasteiger partial charge in [-0.3, -0.25) is 9.59 Å². The summed E-state index contributed by atoms with van der Waals surface area (Å²) >= 11 is 0. The van der Waals surface area contributed by atoms with Gasteiger partial charge in [-0.05, 0) is 56.4 Å². The van der Waals surface area contributed by atoms with Crippen molar-refractivity contribution in [1.29, 1.82) is 0 Å². The highest BCUT2D eigenvalue weighted by Gasteiger charge is 2.18. The summed E-state index contributed by atoms with van der Waals surface area (Å²) in [6.07, 6.45) is 8.02. The van der Waals surface area contributed by atoms with Crippen LogP contribution >= 0.6 is 0 Å². The molecule has 2 heterocycles. The van der Waals surface area contributed by atoms with Gasteiger partial charge in [0.25, 0.3) is 0 Å². The minimum absolute atomic E-state index is 0.123. The fourth-order valence-corrected chi connectivity index (χ4v) is 3.00. The zero-order valence-corrected chi connectivity index (χ0v) is 15.1. The van der Waals surface area contributed by atoms with E-state index in [0.717, 1.165) is 19.3 Å². The van der Waals surface area contributed by atoms with Crippen LogP contribution in [0.15, 0.2) is 51.0 Å². The second-order valence-corrected chi connectivity index (χ2v) is 6.52. The van der Waals surface area contributed by atoms with Gasteiger partial charge in [0.15, 0.2) is 11.5 Å². The number of aliphatic hydroxyl groups excluding tert-OH is 1. The van der Waals surface area contributed by atoms with Crippen LogP contribution in [0.25, 0.3) is 11.5 Å². The molecule has 2 aromatic rings. The molecule has 7 nitrogen and oxygen atoms in total. The minimum Gasteiger partial charge on any atom is -0.461 e. The standard InChI is InChI=1S/C20H24N2O5/c23-15(16-8-9-18(27-16)17-7-4-12-26-17)13-22-20(25)19(24)21-11-10-14-5-2-1-3-6-14/h4-5,7-9,12,15,23H,1-3,6,10-11,13H2,(H,21,24)(H,22,25). The number of aliphatic hydroxyl groups is 1. The van der Waals surface area contributed by atoms with Crippen LogP contribution in [-0.2, 0) is 9.59 Å². The van der Waals surface area contributed by atoms with Crippen molar-refractivity contribution in [2.75, 3.05) is 13.1 Å². The molecule has 0 bridgehead atoms. The van der Waals surface area contributed by atoms with E-state index in [1.165, 1.54) is 24.7 Å². The first-order chi connectivity index (χ1) is 13.1. The number of allylic oxidation sites excluding steroid dienone is 1. The normalized spacial score (nSPS) is 15.1. The average Bonchev–Trinajstić information content (AvgIpc) is 3.38. The molecular formula is C20H24N2O5. The average molecular weight is 372 g/mol. The lowest BCUT2D eigenvalue weighted by molar-refractivity contribution is -0.139. The molecule has 3 N–H and O–H groups in total. The van der Waals surface area contributed by atoms with Crippen molar-refractivity contribution in [3.8, 4) is 11.5 Å². The third-order valence-electron chi connectivity index (χ3n) is 4.50. The van der Waals surface area contributed by atoms with E-state index >= 15 is 0 Å². The summed E-state index contributed by atoms with van der Waals surface area (Å²) in [5.74, 6) is -0.162. The van der Waals surface area contributed by atoms with Gasteiger partial charge in [-0.25, -0.2) is 0 Å². The molecule has 7 heteroatoms. The topological polar surface area (TPSA) is 105 Å². The highest BCUT2D eigenvalue weighted by Crippen LogP contribution is 2.25. The fourth-order valence-electron chi connectivity index (χ4n) is 3.00. The number of nitrogens with one attached hydrogen (secondary N) is 2. The first-order valence-corrected chi connectivity index (χ1v) is 9.19. The Balaban J connectivity index is 1.40. The molecule has 0 fully saturated rings. The predicted octanol–water partition coefficient (Wildman–Crippen LogP) is 2.70. The van der Waals surface area contributed by atoms with E-state index in [2.05, 4.69) is 16.7 Å². The van der Waals surface area contributed by atoms with E-state index in [0.29, 0.717) is 18.1 Å². The summed E-state index contributed by atoms with van der Waals surface area (Å²) in [7, 11) is 0. The molecule has 2 amide bonds. The smallest absolute Gasteiger partial charge is 0.309 e. The number of hydrogen-bond donors (Lipinski definition) is 3. The number of carbonyl (C=O) groups excluding carboxylic acids is 2. The zero-order valence-electron chi connectivity index (χ0n) is 15.1. The number of furan rings is 2. The third-order valence-corrected chi connectivity index (χ3v) is 4.50. The van der Waals surface area contributed by atoms with Gasteiger partial charge in [0.05, 0.1) is 12.8 Å². The highest BCUT2D eigenvalue weighted by molar-refractivity contribution is 6.35. The van der Waals surface area contributed by atoms with E-state index in [4.69, 9.17) is 8.83 Å². The summed E-state index contributed by atoms with van der Waals surface area (Å²) in [5, 5.41) is 15.2. The van der Waals surface area contributed by atoms with Crippen LogP contribution < -0.4 is 10.6 Å². The maximum atomic E-state index is 11.9. The van der Waals surface area contributed by atoms with E-state index in [1.54, 1.807) is 24.3 Å². The Bertz CT molecular complexity index is 791. The van der Waals surface area contributed by atoms with Crippen LogP contribution in [0.2, 0.25) is 0 Å². The lowest BCUT2D eigenvalue weighted by Crippen LogP contribution is -2.41. The van der Waals surface area contributed by atoms with Gasteiger partial charge in [0.1, 0.15) is 11.9 Å². The minimum atomic E-state index is -1.06. The Labute approximate surface area is 157 Å². The van der Waals surface area contributed by atoms with Crippen LogP contribution in [0.1, 0.15) is 44.0 Å². The van der Waals surface area contributed by atoms with Crippen LogP contribution in [0.4, 0.5) is 0 Å². The van der Waals surface area contributed by atoms with Crippen LogP contribution in [-0.4, -0.2) is 30.0 Å². The van der Waals surface area contributed by atoms with E-state index < -0.39 is 17.9 Å². The van der Waals surface area contributed by atoms with Crippen molar-refractivity contribution in [3.63, 3.8) is 0 Å². The zero-order chi connectivity index (χ0) is 19.1. The number of amides is 2. The van der Waals surface area contributed by atoms with Crippen LogP contribution in [0.5, 0.6) is 0 Å². The first kappa shape index (κ1) is 19.0. The van der Waals surface area contributed by atoms with Gasteiger partial charge in [0.2, 0.25) is 0 Å². The molecule has 1 atom stereocenters. The van der Waals surface area contributed by atoms with Crippen molar-refractivity contribution in [2.45, 2.75) is 38.2 Å². The van der Waals surface area contributed by atoms with Gasteiger partial charge in [-0.15, -0.1) is 0 Å². The Morgan fingerprint density at radius 2 is 1.96 bits per heavy atom. The molecule has 0 spiro atoms. The second-order valence-electron chi connectivity index (χ2n) is 6.52. The quantitative estimate of drug-likeness (QED) is 0.512. The van der Waals surface area contributed by atoms with Crippen molar-refractivity contribution in [3.05, 3.63) is 47.9 Å². The molecule has 0 aromatic carbocycles. The van der Waals surface area contributed by atoms with Crippen LogP contribution in [0, 0.1) is 0 Å². The molecule has 0 saturated heterocycles. The molecule has 144 valence electrons. The van der Waals surface area contributed by atoms with Crippen LogP contribution in [0.3, 0.4) is 0 Å². The van der Waals surface area contributed by atoms with E-state index in [-0.39, 0.29) is 12.3 Å². The molecule has 1 aliphatic rings. The van der Waals surface area contributed by atoms with E-state index in [1.807, 2.05) is 0 Å². The Morgan fingerprint density at radius 3 is 2.70 bits per heavy atom. The Hall–Kier alpha value is -2.80. The molecule has 1 aliphatic carbocycles. The monoisotopic (exact) mass is 372 g/mol. The molecule has 3 rings (SSSR count). The lowest BCUT2D eigenvalue weighted by atomic mass is 9.97. The van der Waals surface area contributed by atoms with E-state index in [9.17, 15) is 14.7 Å². The number of hydrogen-bond acceptors (Lipinski definition) is 5. The Morgan fingerprint density at radius 1 is 1.11 bits per heavy atom. The summed E-state index contributed by atoms with van der Waals surface area (Å²) in [6, 6.07) is 6.75. The summed E-state index contributed by atoms with van der Waals surface area (Å²) < 4.78 is 10.7. The van der Waals surface area contributed by atoms with Gasteiger partial charge < -0.3 is 24.6 Å². The van der Waals surface area contributed by atoms with Gasteiger partial charge in [-0.2, -0.15) is 0 Å². The van der Waals surface area contributed by atoms with Gasteiger partial charge >= 0.3 is 11.8 Å². The summed E-state index contributed by atoms with van der Waals surface area (Å²) in [5.41, 5.74) is 1.34. The first-order valence-electron chi connectivity index (χ1n) is 9.19. The maximum Gasteiger partial charge on any atom is 0.309 e. The largest absolute Gasteiger partial charge is 0.461 e. The maximum absolute atomic E-state index is 11.9. The molecule has 0 radical (unpaired) electrons.